The molecule has 1 aromatic heterocycles. The maximum Gasteiger partial charge on any atom is 0.259 e. The van der Waals surface area contributed by atoms with Crippen molar-refractivity contribution >= 4 is 21.8 Å². The van der Waals surface area contributed by atoms with E-state index in [2.05, 4.69) is 37.5 Å². The van der Waals surface area contributed by atoms with Gasteiger partial charge in [-0.2, -0.15) is 4.98 Å². The molecule has 2 aromatic rings. The van der Waals surface area contributed by atoms with E-state index in [-0.39, 0.29) is 11.8 Å². The number of fused-ring (bicyclic) bond motifs is 1. The van der Waals surface area contributed by atoms with Gasteiger partial charge in [-0.05, 0) is 49.9 Å². The molecule has 1 amide bonds. The van der Waals surface area contributed by atoms with Crippen molar-refractivity contribution < 1.29 is 14.4 Å². The van der Waals surface area contributed by atoms with Crippen LogP contribution in [0.1, 0.15) is 50.0 Å². The number of hydrogen-bond acceptors (Lipinski definition) is 5. The van der Waals surface area contributed by atoms with Gasteiger partial charge < -0.3 is 14.9 Å². The smallest absolute Gasteiger partial charge is 0.259 e. The van der Waals surface area contributed by atoms with Crippen LogP contribution in [-0.4, -0.2) is 21.2 Å². The van der Waals surface area contributed by atoms with Crippen molar-refractivity contribution in [3.8, 4) is 0 Å². The second-order valence-corrected chi connectivity index (χ2v) is 7.77. The Kier molecular flexibility index (Phi) is 4.25. The number of halogens is 1. The molecule has 3 rings (SSSR count). The van der Waals surface area contributed by atoms with Crippen molar-refractivity contribution in [1.29, 1.82) is 0 Å². The van der Waals surface area contributed by atoms with Gasteiger partial charge in [-0.3, -0.25) is 4.79 Å². The van der Waals surface area contributed by atoms with Gasteiger partial charge in [0.25, 0.3) is 5.89 Å². The molecule has 0 spiro atoms. The third kappa shape index (κ3) is 3.23. The van der Waals surface area contributed by atoms with E-state index in [1.807, 2.05) is 12.1 Å². The maximum atomic E-state index is 11.3. The number of benzene rings is 1. The lowest BCUT2D eigenvalue weighted by atomic mass is 9.80. The Hall–Kier alpha value is -1.73. The number of nitrogens with one attached hydrogen (secondary N) is 1. The first-order valence-corrected chi connectivity index (χ1v) is 8.62. The monoisotopic (exact) mass is 393 g/mol. The Balaban J connectivity index is 1.87. The molecular formula is C17H20BrN3O3. The van der Waals surface area contributed by atoms with E-state index < -0.39 is 11.1 Å². The molecular weight excluding hydrogens is 374 g/mol. The zero-order valence-corrected chi connectivity index (χ0v) is 15.5. The summed E-state index contributed by atoms with van der Waals surface area (Å²) in [5, 5.41) is 17.8. The van der Waals surface area contributed by atoms with Crippen LogP contribution < -0.4 is 5.32 Å². The first-order valence-electron chi connectivity index (χ1n) is 7.83. The van der Waals surface area contributed by atoms with Crippen LogP contribution in [0.4, 0.5) is 0 Å². The van der Waals surface area contributed by atoms with Gasteiger partial charge in [0.1, 0.15) is 5.60 Å². The largest absolute Gasteiger partial charge is 0.380 e. The predicted octanol–water partition coefficient (Wildman–Crippen LogP) is 2.58. The summed E-state index contributed by atoms with van der Waals surface area (Å²) < 4.78 is 6.37. The fourth-order valence-corrected chi connectivity index (χ4v) is 3.50. The lowest BCUT2D eigenvalue weighted by Crippen LogP contribution is -2.41. The van der Waals surface area contributed by atoms with Gasteiger partial charge in [0.05, 0.1) is 5.54 Å². The Labute approximate surface area is 148 Å². The molecule has 0 radical (unpaired) electrons. The summed E-state index contributed by atoms with van der Waals surface area (Å²) in [7, 11) is 0. The first-order chi connectivity index (χ1) is 11.2. The molecule has 7 heteroatoms. The number of hydrogen-bond donors (Lipinski definition) is 2. The Morgan fingerprint density at radius 1 is 1.42 bits per heavy atom. The fraction of sp³-hybridized carbons (Fsp3) is 0.471. The van der Waals surface area contributed by atoms with E-state index in [1.54, 1.807) is 13.8 Å². The topological polar surface area (TPSA) is 88.2 Å². The van der Waals surface area contributed by atoms with Gasteiger partial charge in [-0.1, -0.05) is 27.2 Å². The summed E-state index contributed by atoms with van der Waals surface area (Å²) in [5.41, 5.74) is 0.347. The zero-order chi connectivity index (χ0) is 17.5. The third-order valence-electron chi connectivity index (χ3n) is 4.33. The van der Waals surface area contributed by atoms with Crippen molar-refractivity contribution in [3.63, 3.8) is 0 Å². The minimum absolute atomic E-state index is 0.178. The Morgan fingerprint density at radius 3 is 2.88 bits per heavy atom. The van der Waals surface area contributed by atoms with Crippen LogP contribution in [0.15, 0.2) is 27.2 Å². The molecule has 1 aromatic carbocycles. The molecule has 1 heterocycles. The van der Waals surface area contributed by atoms with Crippen molar-refractivity contribution in [2.45, 2.75) is 51.2 Å². The van der Waals surface area contributed by atoms with Crippen LogP contribution in [0.25, 0.3) is 0 Å². The van der Waals surface area contributed by atoms with E-state index in [0.29, 0.717) is 18.7 Å². The Bertz CT molecular complexity index is 787. The number of carbonyl (C=O) groups excluding carboxylic acids is 1. The molecule has 0 saturated heterocycles. The van der Waals surface area contributed by atoms with Crippen molar-refractivity contribution in [3.05, 3.63) is 45.5 Å². The molecule has 0 fully saturated rings. The highest BCUT2D eigenvalue weighted by Gasteiger charge is 2.40. The number of carbonyl (C=O) groups is 1. The number of aromatic nitrogens is 2. The molecule has 0 aliphatic heterocycles. The van der Waals surface area contributed by atoms with Crippen LogP contribution in [0.5, 0.6) is 0 Å². The van der Waals surface area contributed by atoms with Gasteiger partial charge in [0.2, 0.25) is 5.91 Å². The average molecular weight is 394 g/mol. The van der Waals surface area contributed by atoms with Gasteiger partial charge in [0.15, 0.2) is 5.82 Å². The molecule has 0 bridgehead atoms. The molecule has 2 N–H and O–H groups in total. The van der Waals surface area contributed by atoms with E-state index in [9.17, 15) is 9.90 Å². The van der Waals surface area contributed by atoms with Gasteiger partial charge in [-0.25, -0.2) is 0 Å². The van der Waals surface area contributed by atoms with E-state index in [4.69, 9.17) is 4.52 Å². The normalized spacial score (nSPS) is 20.5. The average Bonchev–Trinajstić information content (AvgIpc) is 2.98. The van der Waals surface area contributed by atoms with E-state index in [1.165, 1.54) is 12.5 Å². The molecule has 1 atom stereocenters. The summed E-state index contributed by atoms with van der Waals surface area (Å²) in [6, 6.07) is 6.04. The number of rotatable bonds is 3. The molecule has 1 aliphatic carbocycles. The fourth-order valence-electron chi connectivity index (χ4n) is 3.09. The molecule has 128 valence electrons. The highest BCUT2D eigenvalue weighted by atomic mass is 79.9. The summed E-state index contributed by atoms with van der Waals surface area (Å²) in [5.74, 6) is 0.370. The summed E-state index contributed by atoms with van der Waals surface area (Å²) >= 11 is 3.47. The van der Waals surface area contributed by atoms with Crippen LogP contribution in [0.2, 0.25) is 0 Å². The summed E-state index contributed by atoms with van der Waals surface area (Å²) in [6.45, 7) is 5.02. The number of aliphatic hydroxyl groups is 1. The number of amides is 1. The molecule has 0 saturated carbocycles. The number of nitrogens with zero attached hydrogens (tertiary/aromatic N) is 2. The van der Waals surface area contributed by atoms with Crippen LogP contribution in [0.3, 0.4) is 0 Å². The SMILES string of the molecule is CC(=O)NC(C)(C)c1noc(C2(O)CCc3cc(Br)ccc3C2)n1. The first kappa shape index (κ1) is 17.1. The highest BCUT2D eigenvalue weighted by Crippen LogP contribution is 2.37. The predicted molar refractivity (Wildman–Crippen MR) is 91.2 cm³/mol. The van der Waals surface area contributed by atoms with Crippen molar-refractivity contribution in [1.82, 2.24) is 15.5 Å². The van der Waals surface area contributed by atoms with Gasteiger partial charge in [0, 0.05) is 17.8 Å². The zero-order valence-electron chi connectivity index (χ0n) is 13.9. The third-order valence-corrected chi connectivity index (χ3v) is 4.82. The van der Waals surface area contributed by atoms with Crippen LogP contribution in [-0.2, 0) is 28.8 Å². The second-order valence-electron chi connectivity index (χ2n) is 6.85. The van der Waals surface area contributed by atoms with Crippen LogP contribution >= 0.6 is 15.9 Å². The van der Waals surface area contributed by atoms with Gasteiger partial charge in [-0.15, -0.1) is 0 Å². The summed E-state index contributed by atoms with van der Waals surface area (Å²) in [6.07, 6.45) is 1.68. The van der Waals surface area contributed by atoms with Crippen LogP contribution in [0, 0.1) is 0 Å². The molecule has 6 nitrogen and oxygen atoms in total. The second kappa shape index (κ2) is 5.97. The standard InChI is InChI=1S/C17H20BrN3O3/c1-10(22)20-16(2,3)14-19-15(24-21-14)17(23)7-6-11-8-13(18)5-4-12(11)9-17/h4-5,8,23H,6-7,9H2,1-3H3,(H,20,22). The lowest BCUT2D eigenvalue weighted by molar-refractivity contribution is -0.120. The van der Waals surface area contributed by atoms with Gasteiger partial charge >= 0.3 is 0 Å². The highest BCUT2D eigenvalue weighted by molar-refractivity contribution is 9.10. The molecule has 24 heavy (non-hydrogen) atoms. The van der Waals surface area contributed by atoms with Crippen molar-refractivity contribution in [2.75, 3.05) is 0 Å². The van der Waals surface area contributed by atoms with E-state index in [0.717, 1.165) is 16.5 Å². The van der Waals surface area contributed by atoms with Crippen molar-refractivity contribution in [2.24, 2.45) is 0 Å². The number of aryl methyl sites for hydroxylation is 1. The lowest BCUT2D eigenvalue weighted by Gasteiger charge is -2.30. The molecule has 1 unspecified atom stereocenters. The maximum absolute atomic E-state index is 11.3. The molecule has 1 aliphatic rings. The minimum Gasteiger partial charge on any atom is -0.380 e. The quantitative estimate of drug-likeness (QED) is 0.836. The minimum atomic E-state index is -1.18. The summed E-state index contributed by atoms with van der Waals surface area (Å²) in [4.78, 5) is 15.7. The Morgan fingerprint density at radius 2 is 2.17 bits per heavy atom. The van der Waals surface area contributed by atoms with E-state index >= 15 is 0 Å².